The minimum atomic E-state index is 0.290. The van der Waals surface area contributed by atoms with Gasteiger partial charge in [-0.25, -0.2) is 0 Å². The highest BCUT2D eigenvalue weighted by Crippen LogP contribution is 2.45. The van der Waals surface area contributed by atoms with Crippen molar-refractivity contribution in [3.63, 3.8) is 0 Å². The summed E-state index contributed by atoms with van der Waals surface area (Å²) in [5.74, 6) is 1.26. The fraction of sp³-hybridized carbons (Fsp3) is 0.923. The topological polar surface area (TPSA) is 45.1 Å². The summed E-state index contributed by atoms with van der Waals surface area (Å²) in [6, 6.07) is 0.382. The summed E-state index contributed by atoms with van der Waals surface area (Å²) in [4.78, 5) is 2.48. The molecule has 5 atom stereocenters. The van der Waals surface area contributed by atoms with E-state index < -0.39 is 0 Å². The molecule has 17 heavy (non-hydrogen) atoms. The van der Waals surface area contributed by atoms with Gasteiger partial charge in [-0.05, 0) is 39.0 Å². The number of ether oxygens (including phenoxy) is 1. The Morgan fingerprint density at radius 1 is 1.24 bits per heavy atom. The smallest absolute Gasteiger partial charge is 0.0775 e. The van der Waals surface area contributed by atoms with Gasteiger partial charge in [-0.2, -0.15) is 0 Å². The third-order valence-electron chi connectivity index (χ3n) is 4.60. The molecule has 0 radical (unpaired) electrons. The number of oxime groups is 1. The van der Waals surface area contributed by atoms with E-state index in [4.69, 9.17) is 4.74 Å². The summed E-state index contributed by atoms with van der Waals surface area (Å²) in [5, 5.41) is 12.9. The van der Waals surface area contributed by atoms with E-state index in [0.29, 0.717) is 17.9 Å². The van der Waals surface area contributed by atoms with Gasteiger partial charge in [0, 0.05) is 19.0 Å². The van der Waals surface area contributed by atoms with Gasteiger partial charge < -0.3 is 9.94 Å². The first-order valence-electron chi connectivity index (χ1n) is 6.80. The van der Waals surface area contributed by atoms with E-state index in [1.165, 1.54) is 19.3 Å². The van der Waals surface area contributed by atoms with Crippen LogP contribution in [-0.2, 0) is 4.74 Å². The standard InChI is InChI=1S/C13H22N2O2/c1-8-6-15(7-9(2)17-8)13-11-4-3-10(5-11)12(13)14-16/h8-11,13,16H,3-7H2,1-2H3/b14-12+/t8-,9+,10-,11-,13+/m0/s1. The fourth-order valence-corrected chi connectivity index (χ4v) is 4.13. The molecule has 2 saturated carbocycles. The van der Waals surface area contributed by atoms with Crippen LogP contribution in [0.1, 0.15) is 33.1 Å². The van der Waals surface area contributed by atoms with Crippen LogP contribution in [0.5, 0.6) is 0 Å². The third kappa shape index (κ3) is 1.87. The minimum Gasteiger partial charge on any atom is -0.411 e. The highest BCUT2D eigenvalue weighted by Gasteiger charge is 2.49. The van der Waals surface area contributed by atoms with Gasteiger partial charge >= 0.3 is 0 Å². The van der Waals surface area contributed by atoms with E-state index in [1.807, 2.05) is 0 Å². The molecule has 4 nitrogen and oxygen atoms in total. The van der Waals surface area contributed by atoms with Crippen molar-refractivity contribution in [1.82, 2.24) is 4.90 Å². The quantitative estimate of drug-likeness (QED) is 0.559. The van der Waals surface area contributed by atoms with Crippen LogP contribution in [0.3, 0.4) is 0 Å². The summed E-state index contributed by atoms with van der Waals surface area (Å²) in [7, 11) is 0. The second-order valence-electron chi connectivity index (χ2n) is 5.95. The zero-order valence-corrected chi connectivity index (χ0v) is 10.7. The molecule has 1 saturated heterocycles. The zero-order chi connectivity index (χ0) is 12.0. The molecule has 3 rings (SSSR count). The van der Waals surface area contributed by atoms with Gasteiger partial charge in [-0.1, -0.05) is 5.16 Å². The molecule has 0 aromatic rings. The van der Waals surface area contributed by atoms with E-state index in [9.17, 15) is 5.21 Å². The van der Waals surface area contributed by atoms with Crippen molar-refractivity contribution in [1.29, 1.82) is 0 Å². The second-order valence-corrected chi connectivity index (χ2v) is 5.95. The van der Waals surface area contributed by atoms with Gasteiger partial charge in [0.25, 0.3) is 0 Å². The van der Waals surface area contributed by atoms with Crippen LogP contribution in [0.25, 0.3) is 0 Å². The van der Waals surface area contributed by atoms with Crippen molar-refractivity contribution in [2.24, 2.45) is 17.0 Å². The highest BCUT2D eigenvalue weighted by molar-refractivity contribution is 5.94. The molecule has 0 amide bonds. The maximum Gasteiger partial charge on any atom is 0.0775 e. The highest BCUT2D eigenvalue weighted by atomic mass is 16.5. The molecule has 3 fully saturated rings. The predicted octanol–water partition coefficient (Wildman–Crippen LogP) is 1.72. The lowest BCUT2D eigenvalue weighted by atomic mass is 9.91. The van der Waals surface area contributed by atoms with Crippen molar-refractivity contribution < 1.29 is 9.94 Å². The molecule has 0 unspecified atom stereocenters. The fourth-order valence-electron chi connectivity index (χ4n) is 4.13. The van der Waals surface area contributed by atoms with Crippen molar-refractivity contribution >= 4 is 5.71 Å². The summed E-state index contributed by atoms with van der Waals surface area (Å²) in [6.45, 7) is 6.20. The van der Waals surface area contributed by atoms with Gasteiger partial charge in [0.05, 0.1) is 24.0 Å². The summed E-state index contributed by atoms with van der Waals surface area (Å²) in [6.07, 6.45) is 4.32. The monoisotopic (exact) mass is 238 g/mol. The van der Waals surface area contributed by atoms with Crippen LogP contribution in [0, 0.1) is 11.8 Å². The normalized spacial score (nSPS) is 49.1. The van der Waals surface area contributed by atoms with Crippen LogP contribution < -0.4 is 0 Å². The van der Waals surface area contributed by atoms with Gasteiger partial charge in [0.15, 0.2) is 0 Å². The Bertz CT molecular complexity index is 321. The largest absolute Gasteiger partial charge is 0.411 e. The van der Waals surface area contributed by atoms with Crippen LogP contribution in [0.15, 0.2) is 5.16 Å². The summed E-state index contributed by atoms with van der Waals surface area (Å²) >= 11 is 0. The molecule has 0 aromatic heterocycles. The lowest BCUT2D eigenvalue weighted by Crippen LogP contribution is -2.54. The molecule has 96 valence electrons. The molecule has 4 heteroatoms. The third-order valence-corrected chi connectivity index (χ3v) is 4.60. The Morgan fingerprint density at radius 3 is 2.59 bits per heavy atom. The Hall–Kier alpha value is -0.610. The van der Waals surface area contributed by atoms with E-state index in [2.05, 4.69) is 23.9 Å². The lowest BCUT2D eigenvalue weighted by Gasteiger charge is -2.41. The van der Waals surface area contributed by atoms with Crippen molar-refractivity contribution in [3.8, 4) is 0 Å². The summed E-state index contributed by atoms with van der Waals surface area (Å²) in [5.41, 5.74) is 1.04. The van der Waals surface area contributed by atoms with Crippen LogP contribution in [-0.4, -0.2) is 47.2 Å². The van der Waals surface area contributed by atoms with Crippen molar-refractivity contribution in [2.75, 3.05) is 13.1 Å². The predicted molar refractivity (Wildman–Crippen MR) is 65.4 cm³/mol. The molecule has 1 aliphatic heterocycles. The SMILES string of the molecule is C[C@@H]1CN([C@H]2/C(=N/O)[C@H]3CC[C@H]2C3)C[C@H](C)O1. The van der Waals surface area contributed by atoms with Gasteiger partial charge in [0.2, 0.25) is 0 Å². The van der Waals surface area contributed by atoms with Crippen molar-refractivity contribution in [2.45, 2.75) is 51.4 Å². The Balaban J connectivity index is 1.79. The average Bonchev–Trinajstić information content (AvgIpc) is 2.86. The summed E-state index contributed by atoms with van der Waals surface area (Å²) < 4.78 is 5.78. The number of nitrogens with zero attached hydrogens (tertiary/aromatic N) is 2. The Morgan fingerprint density at radius 2 is 1.94 bits per heavy atom. The molecule has 0 aromatic carbocycles. The van der Waals surface area contributed by atoms with E-state index in [-0.39, 0.29) is 12.2 Å². The molecule has 2 aliphatic carbocycles. The van der Waals surface area contributed by atoms with E-state index >= 15 is 0 Å². The number of rotatable bonds is 1. The Labute approximate surface area is 103 Å². The zero-order valence-electron chi connectivity index (χ0n) is 10.7. The van der Waals surface area contributed by atoms with Crippen LogP contribution in [0.2, 0.25) is 0 Å². The average molecular weight is 238 g/mol. The number of morpholine rings is 1. The number of hydrogen-bond donors (Lipinski definition) is 1. The van der Waals surface area contributed by atoms with E-state index in [0.717, 1.165) is 18.8 Å². The van der Waals surface area contributed by atoms with Gasteiger partial charge in [-0.3, -0.25) is 4.90 Å². The molecule has 3 aliphatic rings. The van der Waals surface area contributed by atoms with E-state index in [1.54, 1.807) is 0 Å². The first kappa shape index (κ1) is 11.5. The second kappa shape index (κ2) is 4.25. The van der Waals surface area contributed by atoms with Gasteiger partial charge in [0.1, 0.15) is 0 Å². The maximum absolute atomic E-state index is 9.25. The van der Waals surface area contributed by atoms with Gasteiger partial charge in [-0.15, -0.1) is 0 Å². The molecular formula is C13H22N2O2. The number of fused-ring (bicyclic) bond motifs is 2. The van der Waals surface area contributed by atoms with Crippen molar-refractivity contribution in [3.05, 3.63) is 0 Å². The maximum atomic E-state index is 9.25. The number of hydrogen-bond acceptors (Lipinski definition) is 4. The van der Waals surface area contributed by atoms with Crippen LogP contribution in [0.4, 0.5) is 0 Å². The molecule has 2 bridgehead atoms. The van der Waals surface area contributed by atoms with Crippen LogP contribution >= 0.6 is 0 Å². The molecule has 1 heterocycles. The Kier molecular flexibility index (Phi) is 2.87. The first-order valence-corrected chi connectivity index (χ1v) is 6.80. The minimum absolute atomic E-state index is 0.290. The molecule has 1 N–H and O–H groups in total. The molecule has 0 spiro atoms. The lowest BCUT2D eigenvalue weighted by molar-refractivity contribution is -0.0777. The molecular weight excluding hydrogens is 216 g/mol. The first-order chi connectivity index (χ1) is 8.19.